The Labute approximate surface area is 116 Å². The third kappa shape index (κ3) is 5.79. The minimum atomic E-state index is -1.14. The lowest BCUT2D eigenvalue weighted by molar-refractivity contribution is -0.00648. The zero-order chi connectivity index (χ0) is 14.9. The van der Waals surface area contributed by atoms with Crippen LogP contribution in [0.15, 0.2) is 0 Å². The minimum Gasteiger partial charge on any atom is -0.444 e. The zero-order valence-corrected chi connectivity index (χ0v) is 13.2. The van der Waals surface area contributed by atoms with Crippen LogP contribution in [0.2, 0.25) is 0 Å². The first kappa shape index (κ1) is 16.3. The van der Waals surface area contributed by atoms with Gasteiger partial charge in [-0.2, -0.15) is 0 Å². The third-order valence-electron chi connectivity index (χ3n) is 3.16. The second-order valence-electron chi connectivity index (χ2n) is 7.86. The molecule has 1 saturated heterocycles. The number of piperidine rings is 1. The number of carbonyl (C=O) groups excluding carboxylic acids is 1. The second kappa shape index (κ2) is 5.29. The van der Waals surface area contributed by atoms with E-state index in [0.717, 1.165) is 0 Å². The molecular formula is C15H28FNO2. The van der Waals surface area contributed by atoms with Gasteiger partial charge >= 0.3 is 6.09 Å². The van der Waals surface area contributed by atoms with Gasteiger partial charge in [-0.05, 0) is 45.4 Å². The number of alkyl halides is 1. The van der Waals surface area contributed by atoms with Crippen molar-refractivity contribution in [1.29, 1.82) is 0 Å². The first-order chi connectivity index (χ1) is 8.40. The lowest BCUT2D eigenvalue weighted by Gasteiger charge is -2.39. The Kier molecular flexibility index (Phi) is 4.53. The van der Waals surface area contributed by atoms with Gasteiger partial charge < -0.3 is 9.64 Å². The van der Waals surface area contributed by atoms with Gasteiger partial charge in [0.2, 0.25) is 0 Å². The summed E-state index contributed by atoms with van der Waals surface area (Å²) in [5, 5.41) is 0. The van der Waals surface area contributed by atoms with Gasteiger partial charge in [-0.3, -0.25) is 0 Å². The first-order valence-corrected chi connectivity index (χ1v) is 7.07. The summed E-state index contributed by atoms with van der Waals surface area (Å²) in [6.45, 7) is 12.6. The van der Waals surface area contributed by atoms with Gasteiger partial charge in [0.05, 0.1) is 0 Å². The molecule has 3 nitrogen and oxygen atoms in total. The van der Waals surface area contributed by atoms with Gasteiger partial charge in [0.15, 0.2) is 0 Å². The predicted octanol–water partition coefficient (Wildman–Crippen LogP) is 4.16. The van der Waals surface area contributed by atoms with Crippen LogP contribution in [0.25, 0.3) is 0 Å². The van der Waals surface area contributed by atoms with Gasteiger partial charge in [-0.1, -0.05) is 20.8 Å². The Balaban J connectivity index is 2.51. The summed E-state index contributed by atoms with van der Waals surface area (Å²) < 4.78 is 20.0. The summed E-state index contributed by atoms with van der Waals surface area (Å²) >= 11 is 0. The summed E-state index contributed by atoms with van der Waals surface area (Å²) in [5.41, 5.74) is -1.66. The van der Waals surface area contributed by atoms with Crippen molar-refractivity contribution >= 4 is 6.09 Å². The van der Waals surface area contributed by atoms with Crippen LogP contribution in [-0.4, -0.2) is 35.4 Å². The lowest BCUT2D eigenvalue weighted by atomic mass is 9.78. The van der Waals surface area contributed by atoms with Crippen LogP contribution in [0.4, 0.5) is 9.18 Å². The van der Waals surface area contributed by atoms with Crippen LogP contribution in [-0.2, 0) is 4.74 Å². The number of hydrogen-bond donors (Lipinski definition) is 0. The molecule has 0 N–H and O–H groups in total. The maximum atomic E-state index is 14.7. The standard InChI is InChI=1S/C15H28FNO2/c1-13(2,3)11-15(16)7-9-17(10-8-15)12(18)19-14(4,5)6/h7-11H2,1-6H3. The molecule has 0 atom stereocenters. The molecule has 0 aliphatic carbocycles. The monoisotopic (exact) mass is 273 g/mol. The predicted molar refractivity (Wildman–Crippen MR) is 75.0 cm³/mol. The molecule has 1 heterocycles. The van der Waals surface area contributed by atoms with E-state index in [1.807, 2.05) is 20.8 Å². The van der Waals surface area contributed by atoms with E-state index in [1.165, 1.54) is 0 Å². The van der Waals surface area contributed by atoms with E-state index in [0.29, 0.717) is 32.4 Å². The number of nitrogens with zero attached hydrogens (tertiary/aromatic N) is 1. The number of rotatable bonds is 1. The lowest BCUT2D eigenvalue weighted by Crippen LogP contribution is -2.47. The average Bonchev–Trinajstić information content (AvgIpc) is 2.11. The summed E-state index contributed by atoms with van der Waals surface area (Å²) in [7, 11) is 0. The summed E-state index contributed by atoms with van der Waals surface area (Å²) in [4.78, 5) is 13.5. The molecule has 1 fully saturated rings. The molecule has 0 radical (unpaired) electrons. The molecule has 19 heavy (non-hydrogen) atoms. The van der Waals surface area contributed by atoms with Gasteiger partial charge in [0.1, 0.15) is 11.3 Å². The quantitative estimate of drug-likeness (QED) is 0.718. The van der Waals surface area contributed by atoms with Gasteiger partial charge in [0.25, 0.3) is 0 Å². The number of likely N-dealkylation sites (tertiary alicyclic amines) is 1. The molecule has 1 rings (SSSR count). The fraction of sp³-hybridized carbons (Fsp3) is 0.933. The van der Waals surface area contributed by atoms with E-state index in [9.17, 15) is 9.18 Å². The molecule has 0 aromatic rings. The highest BCUT2D eigenvalue weighted by molar-refractivity contribution is 5.68. The number of amides is 1. The van der Waals surface area contributed by atoms with E-state index in [2.05, 4.69) is 20.8 Å². The van der Waals surface area contributed by atoms with Crippen LogP contribution in [0.3, 0.4) is 0 Å². The molecule has 0 aromatic carbocycles. The molecule has 0 aromatic heterocycles. The number of carbonyl (C=O) groups is 1. The summed E-state index contributed by atoms with van der Waals surface area (Å²) in [5.74, 6) is 0. The Morgan fingerprint density at radius 2 is 1.63 bits per heavy atom. The van der Waals surface area contributed by atoms with Crippen molar-refractivity contribution in [3.8, 4) is 0 Å². The van der Waals surface area contributed by atoms with E-state index in [4.69, 9.17) is 4.74 Å². The number of ether oxygens (including phenoxy) is 1. The minimum absolute atomic E-state index is 0.0250. The van der Waals surface area contributed by atoms with Crippen molar-refractivity contribution < 1.29 is 13.9 Å². The molecular weight excluding hydrogens is 245 g/mol. The first-order valence-electron chi connectivity index (χ1n) is 7.07. The second-order valence-corrected chi connectivity index (χ2v) is 7.86. The van der Waals surface area contributed by atoms with Crippen molar-refractivity contribution in [3.05, 3.63) is 0 Å². The molecule has 112 valence electrons. The highest BCUT2D eigenvalue weighted by atomic mass is 19.1. The average molecular weight is 273 g/mol. The summed E-state index contributed by atoms with van der Waals surface area (Å²) in [6.07, 6.45) is 1.03. The van der Waals surface area contributed by atoms with Crippen molar-refractivity contribution in [1.82, 2.24) is 4.90 Å². The van der Waals surface area contributed by atoms with Crippen LogP contribution in [0, 0.1) is 5.41 Å². The normalized spacial score (nSPS) is 20.3. The topological polar surface area (TPSA) is 29.5 Å². The fourth-order valence-corrected chi connectivity index (χ4v) is 2.54. The third-order valence-corrected chi connectivity index (χ3v) is 3.16. The van der Waals surface area contributed by atoms with Gasteiger partial charge in [-0.15, -0.1) is 0 Å². The molecule has 1 aliphatic rings. The molecule has 1 amide bonds. The molecule has 0 unspecified atom stereocenters. The number of halogens is 1. The zero-order valence-electron chi connectivity index (χ0n) is 13.2. The highest BCUT2D eigenvalue weighted by Gasteiger charge is 2.39. The Hall–Kier alpha value is -0.800. The molecule has 1 aliphatic heterocycles. The Morgan fingerprint density at radius 1 is 1.16 bits per heavy atom. The highest BCUT2D eigenvalue weighted by Crippen LogP contribution is 2.37. The maximum Gasteiger partial charge on any atom is 0.410 e. The molecule has 0 saturated carbocycles. The molecule has 0 bridgehead atoms. The van der Waals surface area contributed by atoms with E-state index in [-0.39, 0.29) is 11.5 Å². The summed E-state index contributed by atoms with van der Waals surface area (Å²) in [6, 6.07) is 0. The maximum absolute atomic E-state index is 14.7. The van der Waals surface area contributed by atoms with Crippen LogP contribution < -0.4 is 0 Å². The molecule has 4 heteroatoms. The number of hydrogen-bond acceptors (Lipinski definition) is 2. The van der Waals surface area contributed by atoms with Crippen molar-refractivity contribution in [2.75, 3.05) is 13.1 Å². The van der Waals surface area contributed by atoms with E-state index >= 15 is 0 Å². The van der Waals surface area contributed by atoms with E-state index in [1.54, 1.807) is 4.90 Å². The Morgan fingerprint density at radius 3 is 2.00 bits per heavy atom. The van der Waals surface area contributed by atoms with Crippen molar-refractivity contribution in [2.45, 2.75) is 72.1 Å². The van der Waals surface area contributed by atoms with Crippen LogP contribution in [0.5, 0.6) is 0 Å². The van der Waals surface area contributed by atoms with Crippen LogP contribution in [0.1, 0.15) is 60.8 Å². The Bertz CT molecular complexity index is 320. The fourth-order valence-electron chi connectivity index (χ4n) is 2.54. The molecule has 0 spiro atoms. The smallest absolute Gasteiger partial charge is 0.410 e. The SMILES string of the molecule is CC(C)(C)CC1(F)CCN(C(=O)OC(C)(C)C)CC1. The van der Waals surface area contributed by atoms with Crippen molar-refractivity contribution in [2.24, 2.45) is 5.41 Å². The largest absolute Gasteiger partial charge is 0.444 e. The van der Waals surface area contributed by atoms with Crippen molar-refractivity contribution in [3.63, 3.8) is 0 Å². The van der Waals surface area contributed by atoms with Crippen LogP contribution >= 0.6 is 0 Å². The van der Waals surface area contributed by atoms with Gasteiger partial charge in [-0.25, -0.2) is 9.18 Å². The van der Waals surface area contributed by atoms with Gasteiger partial charge in [0, 0.05) is 13.1 Å². The van der Waals surface area contributed by atoms with E-state index < -0.39 is 11.3 Å².